The topological polar surface area (TPSA) is 66.4 Å². The average Bonchev–Trinajstić information content (AvgIpc) is 3.09. The number of ether oxygens (including phenoxy) is 2. The van der Waals surface area contributed by atoms with Gasteiger partial charge in [-0.05, 0) is 18.8 Å². The number of hydrogen-bond acceptors (Lipinski definition) is 4. The number of hydrogen-bond donors (Lipinski definition) is 1. The summed E-state index contributed by atoms with van der Waals surface area (Å²) in [5, 5.41) is 3.40. The Morgan fingerprint density at radius 1 is 1.28 bits per heavy atom. The lowest BCUT2D eigenvalue weighted by atomic mass is 10.1. The van der Waals surface area contributed by atoms with Gasteiger partial charge in [0.05, 0.1) is 12.7 Å². The standard InChI is InChI=1S/C17H32N4O3.HI/c1-13(2)10-18-17(19-11-16(22)20(3)4)21-7-9-24-15(12-21)14-6-5-8-23-14;/h13-15H,5-12H2,1-4H3,(H,18,19);1H. The number of nitrogens with one attached hydrogen (secondary N) is 1. The van der Waals surface area contributed by atoms with Gasteiger partial charge in [-0.2, -0.15) is 0 Å². The van der Waals surface area contributed by atoms with Crippen molar-refractivity contribution in [3.05, 3.63) is 0 Å². The Labute approximate surface area is 168 Å². The molecule has 0 radical (unpaired) electrons. The summed E-state index contributed by atoms with van der Waals surface area (Å²) in [6, 6.07) is 0. The van der Waals surface area contributed by atoms with Crippen molar-refractivity contribution in [2.24, 2.45) is 10.9 Å². The Kier molecular flexibility index (Phi) is 10.0. The van der Waals surface area contributed by atoms with Crippen LogP contribution in [0.5, 0.6) is 0 Å². The molecule has 2 rings (SSSR count). The quantitative estimate of drug-likeness (QED) is 0.373. The first-order chi connectivity index (χ1) is 11.5. The minimum Gasteiger partial charge on any atom is -0.375 e. The first-order valence-corrected chi connectivity index (χ1v) is 8.94. The van der Waals surface area contributed by atoms with Gasteiger partial charge in [0, 0.05) is 40.3 Å². The maximum absolute atomic E-state index is 11.9. The minimum atomic E-state index is 0. The Bertz CT molecular complexity index is 440. The molecule has 0 aromatic heterocycles. The first-order valence-electron chi connectivity index (χ1n) is 8.94. The van der Waals surface area contributed by atoms with Gasteiger partial charge in [0.25, 0.3) is 0 Å². The summed E-state index contributed by atoms with van der Waals surface area (Å²) in [4.78, 5) is 20.2. The van der Waals surface area contributed by atoms with Gasteiger partial charge in [0.15, 0.2) is 5.96 Å². The van der Waals surface area contributed by atoms with Crippen molar-refractivity contribution >= 4 is 35.8 Å². The number of likely N-dealkylation sites (N-methyl/N-ethyl adjacent to an activating group) is 1. The molecule has 0 aromatic carbocycles. The van der Waals surface area contributed by atoms with E-state index in [1.54, 1.807) is 19.0 Å². The SMILES string of the molecule is CC(C)CNC(=NCC(=O)N(C)C)N1CCOC(C2CCCO2)C1.I. The summed E-state index contributed by atoms with van der Waals surface area (Å²) in [6.45, 7) is 8.33. The Hall–Kier alpha value is -0.610. The van der Waals surface area contributed by atoms with Crippen molar-refractivity contribution in [2.45, 2.75) is 38.9 Å². The molecule has 0 saturated carbocycles. The number of morpholine rings is 1. The minimum absolute atomic E-state index is 0. The largest absolute Gasteiger partial charge is 0.375 e. The molecule has 8 heteroatoms. The molecule has 25 heavy (non-hydrogen) atoms. The maximum atomic E-state index is 11.9. The monoisotopic (exact) mass is 468 g/mol. The summed E-state index contributed by atoms with van der Waals surface area (Å²) in [6.07, 6.45) is 2.43. The van der Waals surface area contributed by atoms with Crippen molar-refractivity contribution in [3.8, 4) is 0 Å². The molecular formula is C17H33IN4O3. The molecule has 1 N–H and O–H groups in total. The van der Waals surface area contributed by atoms with E-state index in [1.165, 1.54) is 0 Å². The van der Waals surface area contributed by atoms with Crippen LogP contribution in [0.1, 0.15) is 26.7 Å². The van der Waals surface area contributed by atoms with Gasteiger partial charge < -0.3 is 24.6 Å². The molecule has 2 unspecified atom stereocenters. The van der Waals surface area contributed by atoms with E-state index in [1.807, 2.05) is 0 Å². The fourth-order valence-electron chi connectivity index (χ4n) is 2.84. The smallest absolute Gasteiger partial charge is 0.243 e. The zero-order valence-corrected chi connectivity index (χ0v) is 18.2. The predicted octanol–water partition coefficient (Wildman–Crippen LogP) is 1.17. The number of halogens is 1. The Balaban J connectivity index is 0.00000312. The summed E-state index contributed by atoms with van der Waals surface area (Å²) in [7, 11) is 3.50. The number of aliphatic imine (C=N–C) groups is 1. The molecular weight excluding hydrogens is 435 g/mol. The molecule has 0 aliphatic carbocycles. The second-order valence-electron chi connectivity index (χ2n) is 7.11. The predicted molar refractivity (Wildman–Crippen MR) is 110 cm³/mol. The van der Waals surface area contributed by atoms with Gasteiger partial charge in [-0.3, -0.25) is 4.79 Å². The van der Waals surface area contributed by atoms with Crippen LogP contribution >= 0.6 is 24.0 Å². The highest BCUT2D eigenvalue weighted by Crippen LogP contribution is 2.21. The highest BCUT2D eigenvalue weighted by atomic mass is 127. The van der Waals surface area contributed by atoms with Crippen LogP contribution in [0, 0.1) is 5.92 Å². The summed E-state index contributed by atoms with van der Waals surface area (Å²) in [5.41, 5.74) is 0. The van der Waals surface area contributed by atoms with Crippen LogP contribution < -0.4 is 5.32 Å². The van der Waals surface area contributed by atoms with Crippen LogP contribution in [0.3, 0.4) is 0 Å². The van der Waals surface area contributed by atoms with Gasteiger partial charge in [-0.15, -0.1) is 24.0 Å². The van der Waals surface area contributed by atoms with Gasteiger partial charge in [-0.1, -0.05) is 13.8 Å². The number of amides is 1. The van der Waals surface area contributed by atoms with Crippen molar-refractivity contribution in [2.75, 3.05) is 53.5 Å². The maximum Gasteiger partial charge on any atom is 0.243 e. The van der Waals surface area contributed by atoms with E-state index in [2.05, 4.69) is 29.1 Å². The van der Waals surface area contributed by atoms with Crippen LogP contribution in [-0.4, -0.2) is 87.4 Å². The highest BCUT2D eigenvalue weighted by Gasteiger charge is 2.32. The lowest BCUT2D eigenvalue weighted by Crippen LogP contribution is -2.54. The van der Waals surface area contributed by atoms with Crippen molar-refractivity contribution in [3.63, 3.8) is 0 Å². The van der Waals surface area contributed by atoms with Crippen LogP contribution in [0.25, 0.3) is 0 Å². The van der Waals surface area contributed by atoms with Crippen molar-refractivity contribution in [1.29, 1.82) is 0 Å². The first kappa shape index (κ1) is 22.4. The lowest BCUT2D eigenvalue weighted by molar-refractivity contribution is -0.127. The normalized spacial score (nSPS) is 24.2. The number of guanidine groups is 1. The third-order valence-corrected chi connectivity index (χ3v) is 4.30. The Morgan fingerprint density at radius 2 is 2.00 bits per heavy atom. The molecule has 146 valence electrons. The van der Waals surface area contributed by atoms with E-state index in [0.717, 1.165) is 45.0 Å². The van der Waals surface area contributed by atoms with Gasteiger partial charge >= 0.3 is 0 Å². The second kappa shape index (κ2) is 11.2. The molecule has 7 nitrogen and oxygen atoms in total. The third-order valence-electron chi connectivity index (χ3n) is 4.30. The number of carbonyl (C=O) groups excluding carboxylic acids is 1. The highest BCUT2D eigenvalue weighted by molar-refractivity contribution is 14.0. The molecule has 2 aliphatic rings. The molecule has 2 atom stereocenters. The van der Waals surface area contributed by atoms with E-state index >= 15 is 0 Å². The van der Waals surface area contributed by atoms with E-state index in [9.17, 15) is 4.79 Å². The summed E-state index contributed by atoms with van der Waals surface area (Å²) >= 11 is 0. The molecule has 2 saturated heterocycles. The van der Waals surface area contributed by atoms with Crippen LogP contribution in [0.2, 0.25) is 0 Å². The van der Waals surface area contributed by atoms with Crippen LogP contribution in [-0.2, 0) is 14.3 Å². The summed E-state index contributed by atoms with van der Waals surface area (Å²) < 4.78 is 11.7. The van der Waals surface area contributed by atoms with Crippen molar-refractivity contribution < 1.29 is 14.3 Å². The molecule has 2 fully saturated rings. The van der Waals surface area contributed by atoms with Gasteiger partial charge in [0.1, 0.15) is 12.6 Å². The van der Waals surface area contributed by atoms with Crippen LogP contribution in [0.15, 0.2) is 4.99 Å². The molecule has 0 spiro atoms. The average molecular weight is 468 g/mol. The molecule has 1 amide bonds. The van der Waals surface area contributed by atoms with E-state index < -0.39 is 0 Å². The zero-order chi connectivity index (χ0) is 17.5. The number of nitrogens with zero attached hydrogens (tertiary/aromatic N) is 3. The zero-order valence-electron chi connectivity index (χ0n) is 15.9. The fraction of sp³-hybridized carbons (Fsp3) is 0.882. The van der Waals surface area contributed by atoms with E-state index in [0.29, 0.717) is 12.5 Å². The molecule has 2 aliphatic heterocycles. The fourth-order valence-corrected chi connectivity index (χ4v) is 2.84. The number of carbonyl (C=O) groups is 1. The Morgan fingerprint density at radius 3 is 2.60 bits per heavy atom. The third kappa shape index (κ3) is 7.26. The van der Waals surface area contributed by atoms with Crippen molar-refractivity contribution in [1.82, 2.24) is 15.1 Å². The molecule has 0 bridgehead atoms. The van der Waals surface area contributed by atoms with Crippen LogP contribution in [0.4, 0.5) is 0 Å². The van der Waals surface area contributed by atoms with E-state index in [4.69, 9.17) is 9.47 Å². The molecule has 2 heterocycles. The second-order valence-corrected chi connectivity index (χ2v) is 7.11. The summed E-state index contributed by atoms with van der Waals surface area (Å²) in [5.74, 6) is 1.31. The molecule has 0 aromatic rings. The van der Waals surface area contributed by atoms with Gasteiger partial charge in [-0.25, -0.2) is 4.99 Å². The van der Waals surface area contributed by atoms with E-state index in [-0.39, 0.29) is 48.6 Å². The lowest BCUT2D eigenvalue weighted by Gasteiger charge is -2.37. The van der Waals surface area contributed by atoms with Gasteiger partial charge in [0.2, 0.25) is 5.91 Å². The number of rotatable bonds is 5.